The minimum atomic E-state index is -0.231. The summed E-state index contributed by atoms with van der Waals surface area (Å²) in [6.45, 7) is 0.417. The number of carbonyl (C=O) groups excluding carboxylic acids is 2. The molecule has 27 heavy (non-hydrogen) atoms. The van der Waals surface area contributed by atoms with Crippen molar-refractivity contribution in [3.8, 4) is 11.8 Å². The molecule has 3 atom stereocenters. The van der Waals surface area contributed by atoms with E-state index in [0.29, 0.717) is 12.5 Å². The van der Waals surface area contributed by atoms with Gasteiger partial charge in [0.25, 0.3) is 0 Å². The zero-order valence-electron chi connectivity index (χ0n) is 15.4. The van der Waals surface area contributed by atoms with Gasteiger partial charge in [0.15, 0.2) is 0 Å². The zero-order valence-corrected chi connectivity index (χ0v) is 15.4. The molecular formula is C21H24N2O4. The van der Waals surface area contributed by atoms with Gasteiger partial charge in [-0.2, -0.15) is 0 Å². The standard InChI is InChI=1S/C21H24N2O4/c1-27-13-20(26)22-10-17-21(18(12-24)23(17)19(25)11-22)16-8-6-15(7-9-16)5-4-14-2-3-14/h6-9,14,17-18,21,24H,2-3,10-13H2,1H3/t17-,18-,21+/m0/s1. The Morgan fingerprint density at radius 1 is 1.30 bits per heavy atom. The van der Waals surface area contributed by atoms with Crippen molar-refractivity contribution >= 4 is 11.8 Å². The first-order chi connectivity index (χ1) is 13.1. The van der Waals surface area contributed by atoms with Gasteiger partial charge in [-0.25, -0.2) is 0 Å². The van der Waals surface area contributed by atoms with Crippen LogP contribution >= 0.6 is 0 Å². The first-order valence-corrected chi connectivity index (χ1v) is 9.42. The number of nitrogens with zero attached hydrogens (tertiary/aromatic N) is 2. The summed E-state index contributed by atoms with van der Waals surface area (Å²) in [5.74, 6) is 6.74. The van der Waals surface area contributed by atoms with Crippen LogP contribution in [0.15, 0.2) is 24.3 Å². The fourth-order valence-corrected chi connectivity index (χ4v) is 4.11. The number of rotatable bonds is 4. The fraction of sp³-hybridized carbons (Fsp3) is 0.524. The number of carbonyl (C=O) groups is 2. The van der Waals surface area contributed by atoms with Crippen molar-refractivity contribution in [3.63, 3.8) is 0 Å². The lowest BCUT2D eigenvalue weighted by Crippen LogP contribution is -2.73. The molecule has 142 valence electrons. The van der Waals surface area contributed by atoms with Crippen molar-refractivity contribution in [3.05, 3.63) is 35.4 Å². The third-order valence-corrected chi connectivity index (χ3v) is 5.67. The molecule has 0 radical (unpaired) electrons. The Labute approximate surface area is 159 Å². The van der Waals surface area contributed by atoms with Crippen LogP contribution in [-0.4, -0.2) is 72.2 Å². The number of methoxy groups -OCH3 is 1. The van der Waals surface area contributed by atoms with Gasteiger partial charge in [0.05, 0.1) is 25.2 Å². The Bertz CT molecular complexity index is 791. The van der Waals surface area contributed by atoms with Crippen LogP contribution in [0.4, 0.5) is 0 Å². The molecule has 0 bridgehead atoms. The third kappa shape index (κ3) is 3.45. The first kappa shape index (κ1) is 18.0. The lowest BCUT2D eigenvalue weighted by molar-refractivity contribution is -0.168. The Kier molecular flexibility index (Phi) is 4.90. The van der Waals surface area contributed by atoms with E-state index in [9.17, 15) is 14.7 Å². The van der Waals surface area contributed by atoms with Gasteiger partial charge < -0.3 is 19.6 Å². The number of benzene rings is 1. The molecular weight excluding hydrogens is 344 g/mol. The van der Waals surface area contributed by atoms with Crippen molar-refractivity contribution in [1.82, 2.24) is 9.80 Å². The number of aliphatic hydroxyl groups is 1. The summed E-state index contributed by atoms with van der Waals surface area (Å²) >= 11 is 0. The van der Waals surface area contributed by atoms with Crippen LogP contribution in [0, 0.1) is 17.8 Å². The molecule has 2 heterocycles. The number of fused-ring (bicyclic) bond motifs is 1. The van der Waals surface area contributed by atoms with Gasteiger partial charge in [-0.15, -0.1) is 0 Å². The maximum atomic E-state index is 12.5. The Hall–Kier alpha value is -2.36. The highest BCUT2D eigenvalue weighted by Gasteiger charge is 2.54. The second kappa shape index (κ2) is 7.34. The van der Waals surface area contributed by atoms with Crippen LogP contribution in [0.1, 0.15) is 29.9 Å². The predicted molar refractivity (Wildman–Crippen MR) is 98.7 cm³/mol. The maximum absolute atomic E-state index is 12.5. The normalized spacial score (nSPS) is 26.7. The summed E-state index contributed by atoms with van der Waals surface area (Å²) in [6, 6.07) is 7.73. The lowest BCUT2D eigenvalue weighted by atomic mass is 9.73. The molecule has 1 aromatic rings. The van der Waals surface area contributed by atoms with Crippen molar-refractivity contribution in [2.75, 3.05) is 33.4 Å². The number of hydrogen-bond acceptors (Lipinski definition) is 4. The van der Waals surface area contributed by atoms with Gasteiger partial charge in [-0.1, -0.05) is 24.0 Å². The molecule has 2 aliphatic heterocycles. The molecule has 3 aliphatic rings. The highest BCUT2D eigenvalue weighted by atomic mass is 16.5. The molecule has 6 nitrogen and oxygen atoms in total. The molecule has 0 spiro atoms. The molecule has 4 rings (SSSR count). The first-order valence-electron chi connectivity index (χ1n) is 9.42. The summed E-state index contributed by atoms with van der Waals surface area (Å²) in [7, 11) is 1.47. The van der Waals surface area contributed by atoms with Crippen molar-refractivity contribution in [2.45, 2.75) is 30.8 Å². The van der Waals surface area contributed by atoms with Crippen LogP contribution in [0.5, 0.6) is 0 Å². The summed E-state index contributed by atoms with van der Waals surface area (Å²) in [5, 5.41) is 9.82. The quantitative estimate of drug-likeness (QED) is 0.790. The summed E-state index contributed by atoms with van der Waals surface area (Å²) in [4.78, 5) is 27.9. The molecule has 1 aromatic carbocycles. The van der Waals surface area contributed by atoms with Crippen molar-refractivity contribution < 1.29 is 19.4 Å². The van der Waals surface area contributed by atoms with E-state index in [4.69, 9.17) is 4.74 Å². The van der Waals surface area contributed by atoms with Crippen LogP contribution < -0.4 is 0 Å². The molecule has 0 unspecified atom stereocenters. The summed E-state index contributed by atoms with van der Waals surface area (Å²) < 4.78 is 4.91. The van der Waals surface area contributed by atoms with Gasteiger partial charge in [-0.3, -0.25) is 9.59 Å². The minimum absolute atomic E-state index is 0.0162. The molecule has 2 amide bonds. The maximum Gasteiger partial charge on any atom is 0.249 e. The number of hydrogen-bond donors (Lipinski definition) is 1. The Morgan fingerprint density at radius 2 is 2.04 bits per heavy atom. The van der Waals surface area contributed by atoms with E-state index >= 15 is 0 Å². The van der Waals surface area contributed by atoms with E-state index in [1.54, 1.807) is 9.80 Å². The average Bonchev–Trinajstić information content (AvgIpc) is 3.47. The van der Waals surface area contributed by atoms with Crippen molar-refractivity contribution in [1.29, 1.82) is 0 Å². The van der Waals surface area contributed by atoms with Gasteiger partial charge in [0.2, 0.25) is 11.8 Å². The molecule has 1 saturated carbocycles. The lowest BCUT2D eigenvalue weighted by Gasteiger charge is -2.58. The van der Waals surface area contributed by atoms with Crippen LogP contribution in [-0.2, 0) is 14.3 Å². The van der Waals surface area contributed by atoms with Crippen molar-refractivity contribution in [2.24, 2.45) is 5.92 Å². The number of ether oxygens (including phenoxy) is 1. The highest BCUT2D eigenvalue weighted by Crippen LogP contribution is 2.42. The van der Waals surface area contributed by atoms with E-state index in [-0.39, 0.29) is 49.6 Å². The van der Waals surface area contributed by atoms with E-state index in [2.05, 4.69) is 11.8 Å². The molecule has 1 N–H and O–H groups in total. The number of amides is 2. The largest absolute Gasteiger partial charge is 0.394 e. The van der Waals surface area contributed by atoms with Gasteiger partial charge >= 0.3 is 0 Å². The molecule has 1 aliphatic carbocycles. The predicted octanol–water partition coefficient (Wildman–Crippen LogP) is 0.592. The second-order valence-electron chi connectivity index (χ2n) is 7.52. The highest BCUT2D eigenvalue weighted by molar-refractivity contribution is 5.88. The van der Waals surface area contributed by atoms with E-state index < -0.39 is 0 Å². The fourth-order valence-electron chi connectivity index (χ4n) is 4.11. The molecule has 6 heteroatoms. The van der Waals surface area contributed by atoms with E-state index in [0.717, 1.165) is 11.1 Å². The van der Waals surface area contributed by atoms with Crippen LogP contribution in [0.3, 0.4) is 0 Å². The molecule has 3 fully saturated rings. The van der Waals surface area contributed by atoms with Crippen LogP contribution in [0.25, 0.3) is 0 Å². The Balaban J connectivity index is 1.52. The van der Waals surface area contributed by atoms with Crippen LogP contribution in [0.2, 0.25) is 0 Å². The summed E-state index contributed by atoms with van der Waals surface area (Å²) in [6.07, 6.45) is 2.41. The van der Waals surface area contributed by atoms with Gasteiger partial charge in [-0.05, 0) is 30.5 Å². The molecule has 0 aromatic heterocycles. The number of aliphatic hydroxyl groups excluding tert-OH is 1. The van der Waals surface area contributed by atoms with Gasteiger partial charge in [0, 0.05) is 31.1 Å². The average molecular weight is 368 g/mol. The minimum Gasteiger partial charge on any atom is -0.394 e. The zero-order chi connectivity index (χ0) is 19.0. The third-order valence-electron chi connectivity index (χ3n) is 5.67. The van der Waals surface area contributed by atoms with E-state index in [1.807, 2.05) is 24.3 Å². The SMILES string of the molecule is COCC(=O)N1CC(=O)N2[C@@H](CO)[C@H](c3ccc(C#CC4CC4)cc3)[C@@H]2C1. The topological polar surface area (TPSA) is 70.1 Å². The van der Waals surface area contributed by atoms with E-state index in [1.165, 1.54) is 20.0 Å². The number of piperazine rings is 1. The Morgan fingerprint density at radius 3 is 2.67 bits per heavy atom. The molecule has 2 saturated heterocycles. The smallest absolute Gasteiger partial charge is 0.249 e. The monoisotopic (exact) mass is 368 g/mol. The summed E-state index contributed by atoms with van der Waals surface area (Å²) in [5.41, 5.74) is 2.06. The second-order valence-corrected chi connectivity index (χ2v) is 7.52. The van der Waals surface area contributed by atoms with Gasteiger partial charge in [0.1, 0.15) is 6.61 Å².